The molecule has 0 aromatic carbocycles. The van der Waals surface area contributed by atoms with E-state index in [0.29, 0.717) is 20.6 Å². The highest BCUT2D eigenvalue weighted by Crippen LogP contribution is 2.42. The number of thiophene rings is 1. The summed E-state index contributed by atoms with van der Waals surface area (Å²) in [4.78, 5) is 15.4. The van der Waals surface area contributed by atoms with Gasteiger partial charge < -0.3 is 9.47 Å². The van der Waals surface area contributed by atoms with Crippen molar-refractivity contribution in [2.75, 3.05) is 14.2 Å². The Kier molecular flexibility index (Phi) is 5.01. The van der Waals surface area contributed by atoms with E-state index in [0.717, 1.165) is 11.3 Å². The second-order valence-corrected chi connectivity index (χ2v) is 6.74. The van der Waals surface area contributed by atoms with Gasteiger partial charge in [0.05, 0.1) is 39.7 Å². The molecule has 0 saturated carbocycles. The number of fused-ring (bicyclic) bond motifs is 1. The number of pyridine rings is 1. The van der Waals surface area contributed by atoms with Crippen molar-refractivity contribution in [2.45, 2.75) is 19.3 Å². The average Bonchev–Trinajstić information content (AvgIpc) is 2.88. The third kappa shape index (κ3) is 3.38. The van der Waals surface area contributed by atoms with E-state index < -0.39 is 24.2 Å². The Morgan fingerprint density at radius 3 is 2.73 bits per heavy atom. The van der Waals surface area contributed by atoms with E-state index in [4.69, 9.17) is 4.74 Å². The number of carbonyl (C=O) groups is 1. The van der Waals surface area contributed by atoms with Crippen LogP contribution < -0.4 is 4.74 Å². The Morgan fingerprint density at radius 1 is 1.45 bits per heavy atom. The quantitative estimate of drug-likeness (QED) is 0.708. The minimum atomic E-state index is -3.13. The number of ether oxygens (including phenoxy) is 2. The summed E-state index contributed by atoms with van der Waals surface area (Å²) in [6, 6.07) is 3.02. The highest BCUT2D eigenvalue weighted by Gasteiger charge is 2.37. The Balaban J connectivity index is 2.35. The van der Waals surface area contributed by atoms with Gasteiger partial charge >= 0.3 is 5.97 Å². The number of esters is 1. The molecule has 8 heteroatoms. The molecule has 120 valence electrons. The molecule has 22 heavy (non-hydrogen) atoms. The zero-order valence-electron chi connectivity index (χ0n) is 12.2. The molecule has 0 bridgehead atoms. The van der Waals surface area contributed by atoms with Gasteiger partial charge in [-0.15, -0.1) is 11.3 Å². The van der Waals surface area contributed by atoms with Gasteiger partial charge in [0, 0.05) is 6.42 Å². The third-order valence-electron chi connectivity index (χ3n) is 3.14. The molecule has 2 heterocycles. The van der Waals surface area contributed by atoms with Crippen molar-refractivity contribution in [1.29, 1.82) is 0 Å². The van der Waals surface area contributed by atoms with Crippen molar-refractivity contribution in [3.05, 3.63) is 21.5 Å². The fourth-order valence-electron chi connectivity index (χ4n) is 2.02. The SMILES string of the molecule is COC(=O)[C@@H](C)CC(F)(F)c1cc2nc(OC)c(Br)cc2s1. The normalized spacial score (nSPS) is 13.2. The van der Waals surface area contributed by atoms with Gasteiger partial charge in [-0.05, 0) is 28.1 Å². The first-order valence-electron chi connectivity index (χ1n) is 6.38. The largest absolute Gasteiger partial charge is 0.480 e. The van der Waals surface area contributed by atoms with E-state index in [1.54, 1.807) is 6.07 Å². The maximum atomic E-state index is 14.4. The molecule has 0 aliphatic heterocycles. The summed E-state index contributed by atoms with van der Waals surface area (Å²) in [7, 11) is 2.64. The van der Waals surface area contributed by atoms with Gasteiger partial charge in [-0.25, -0.2) is 13.8 Å². The van der Waals surface area contributed by atoms with Crippen LogP contribution >= 0.6 is 27.3 Å². The molecule has 0 aliphatic rings. The second kappa shape index (κ2) is 6.45. The summed E-state index contributed by atoms with van der Waals surface area (Å²) in [6.45, 7) is 1.42. The van der Waals surface area contributed by atoms with Crippen molar-refractivity contribution < 1.29 is 23.0 Å². The smallest absolute Gasteiger partial charge is 0.308 e. The number of alkyl halides is 2. The summed E-state index contributed by atoms with van der Waals surface area (Å²) in [5.74, 6) is -4.33. The number of carbonyl (C=O) groups excluding carboxylic acids is 1. The maximum Gasteiger partial charge on any atom is 0.308 e. The Bertz CT molecular complexity index is 705. The summed E-state index contributed by atoms with van der Waals surface area (Å²) in [6.07, 6.45) is -0.606. The van der Waals surface area contributed by atoms with E-state index in [2.05, 4.69) is 25.7 Å². The van der Waals surface area contributed by atoms with Gasteiger partial charge in [-0.1, -0.05) is 6.92 Å². The van der Waals surface area contributed by atoms with Crippen LogP contribution in [0, 0.1) is 5.92 Å². The van der Waals surface area contributed by atoms with Gasteiger partial charge in [-0.2, -0.15) is 0 Å². The topological polar surface area (TPSA) is 48.4 Å². The molecule has 2 aromatic heterocycles. The molecule has 2 rings (SSSR count). The van der Waals surface area contributed by atoms with Crippen LogP contribution in [0.15, 0.2) is 16.6 Å². The van der Waals surface area contributed by atoms with Crippen molar-refractivity contribution in [3.8, 4) is 5.88 Å². The summed E-state index contributed by atoms with van der Waals surface area (Å²) in [5, 5.41) is 0. The molecule has 2 aromatic rings. The number of hydrogen-bond donors (Lipinski definition) is 0. The number of nitrogens with zero attached hydrogens (tertiary/aromatic N) is 1. The first-order chi connectivity index (χ1) is 10.3. The van der Waals surface area contributed by atoms with Crippen molar-refractivity contribution in [1.82, 2.24) is 4.98 Å². The van der Waals surface area contributed by atoms with Crippen LogP contribution in [0.1, 0.15) is 18.2 Å². The Labute approximate surface area is 138 Å². The molecule has 0 fully saturated rings. The lowest BCUT2D eigenvalue weighted by Gasteiger charge is -2.17. The number of rotatable bonds is 5. The van der Waals surface area contributed by atoms with Crippen LogP contribution in [-0.2, 0) is 15.5 Å². The lowest BCUT2D eigenvalue weighted by Crippen LogP contribution is -2.22. The lowest BCUT2D eigenvalue weighted by molar-refractivity contribution is -0.148. The Hall–Kier alpha value is -1.28. The number of halogens is 3. The fourth-order valence-corrected chi connectivity index (χ4v) is 3.68. The van der Waals surface area contributed by atoms with E-state index in [-0.39, 0.29) is 4.88 Å². The van der Waals surface area contributed by atoms with Gasteiger partial charge in [0.2, 0.25) is 5.88 Å². The standard InChI is InChI=1S/C14H14BrF2NO3S/c1-7(13(19)21-3)6-14(16,17)11-5-9-10(22-11)4-8(15)12(18-9)20-2/h4-5,7H,6H2,1-3H3/t7-/m0/s1. The van der Waals surface area contributed by atoms with Gasteiger partial charge in [0.25, 0.3) is 5.92 Å². The maximum absolute atomic E-state index is 14.4. The lowest BCUT2D eigenvalue weighted by atomic mass is 10.0. The monoisotopic (exact) mass is 393 g/mol. The molecule has 0 radical (unpaired) electrons. The summed E-state index contributed by atoms with van der Waals surface area (Å²) in [5.41, 5.74) is 0.436. The average molecular weight is 394 g/mol. The van der Waals surface area contributed by atoms with E-state index >= 15 is 0 Å². The minimum Gasteiger partial charge on any atom is -0.480 e. The van der Waals surface area contributed by atoms with E-state index in [1.165, 1.54) is 27.2 Å². The molecular weight excluding hydrogens is 380 g/mol. The molecular formula is C14H14BrF2NO3S. The predicted molar refractivity (Wildman–Crippen MR) is 83.6 cm³/mol. The summed E-state index contributed by atoms with van der Waals surface area (Å²) < 4.78 is 39.5. The summed E-state index contributed by atoms with van der Waals surface area (Å²) >= 11 is 4.23. The van der Waals surface area contributed by atoms with Crippen molar-refractivity contribution in [3.63, 3.8) is 0 Å². The first-order valence-corrected chi connectivity index (χ1v) is 7.99. The van der Waals surface area contributed by atoms with Gasteiger partial charge in [0.1, 0.15) is 0 Å². The molecule has 0 saturated heterocycles. The van der Waals surface area contributed by atoms with Crippen LogP contribution in [0.25, 0.3) is 10.2 Å². The third-order valence-corrected chi connectivity index (χ3v) is 4.90. The number of aromatic nitrogens is 1. The van der Waals surface area contributed by atoms with Crippen LogP contribution in [0.2, 0.25) is 0 Å². The molecule has 0 amide bonds. The fraction of sp³-hybridized carbons (Fsp3) is 0.429. The van der Waals surface area contributed by atoms with Crippen molar-refractivity contribution >= 4 is 43.5 Å². The number of hydrogen-bond acceptors (Lipinski definition) is 5. The first kappa shape index (κ1) is 17.1. The van der Waals surface area contributed by atoms with Gasteiger partial charge in [0.15, 0.2) is 0 Å². The van der Waals surface area contributed by atoms with Gasteiger partial charge in [-0.3, -0.25) is 4.79 Å². The Morgan fingerprint density at radius 2 is 2.14 bits per heavy atom. The molecule has 0 N–H and O–H groups in total. The van der Waals surface area contributed by atoms with Crippen LogP contribution in [0.4, 0.5) is 8.78 Å². The van der Waals surface area contributed by atoms with Crippen LogP contribution in [0.5, 0.6) is 5.88 Å². The molecule has 0 aliphatic carbocycles. The minimum absolute atomic E-state index is 0.133. The molecule has 4 nitrogen and oxygen atoms in total. The van der Waals surface area contributed by atoms with E-state index in [9.17, 15) is 13.6 Å². The van der Waals surface area contributed by atoms with Crippen molar-refractivity contribution in [2.24, 2.45) is 5.92 Å². The predicted octanol–water partition coefficient (Wildman–Crippen LogP) is 4.36. The molecule has 1 atom stereocenters. The molecule has 0 unspecified atom stereocenters. The number of methoxy groups -OCH3 is 2. The zero-order valence-corrected chi connectivity index (χ0v) is 14.6. The van der Waals surface area contributed by atoms with E-state index in [1.807, 2.05) is 0 Å². The second-order valence-electron chi connectivity index (χ2n) is 4.81. The highest BCUT2D eigenvalue weighted by molar-refractivity contribution is 9.10. The van der Waals surface area contributed by atoms with Crippen LogP contribution in [0.3, 0.4) is 0 Å². The van der Waals surface area contributed by atoms with Crippen LogP contribution in [-0.4, -0.2) is 25.2 Å². The molecule has 0 spiro atoms. The zero-order chi connectivity index (χ0) is 16.5. The highest BCUT2D eigenvalue weighted by atomic mass is 79.9.